The van der Waals surface area contributed by atoms with Crippen molar-refractivity contribution in [3.8, 4) is 0 Å². The summed E-state index contributed by atoms with van der Waals surface area (Å²) in [6.07, 6.45) is 0. The van der Waals surface area contributed by atoms with Crippen LogP contribution >= 0.6 is 24.0 Å². The third-order valence-corrected chi connectivity index (χ3v) is 3.93. The number of benzene rings is 1. The predicted octanol–water partition coefficient (Wildman–Crippen LogP) is 3.62. The summed E-state index contributed by atoms with van der Waals surface area (Å²) in [5.74, 6) is 1.69. The monoisotopic (exact) mass is 475 g/mol. The number of halogens is 2. The van der Waals surface area contributed by atoms with Crippen LogP contribution in [-0.2, 0) is 12.1 Å². The molecule has 1 aromatic carbocycles. The Morgan fingerprint density at radius 2 is 1.96 bits per heavy atom. The molecule has 0 saturated heterocycles. The van der Waals surface area contributed by atoms with Crippen LogP contribution in [0.3, 0.4) is 0 Å². The second kappa shape index (κ2) is 9.91. The maximum atomic E-state index is 13.7. The molecule has 0 aliphatic heterocycles. The van der Waals surface area contributed by atoms with Gasteiger partial charge in [-0.25, -0.2) is 9.38 Å². The Morgan fingerprint density at radius 3 is 2.54 bits per heavy atom. The van der Waals surface area contributed by atoms with Crippen LogP contribution in [-0.4, -0.2) is 24.2 Å². The maximum Gasteiger partial charge on any atom is 0.191 e. The van der Waals surface area contributed by atoms with E-state index >= 15 is 0 Å². The van der Waals surface area contributed by atoms with Crippen molar-refractivity contribution in [3.63, 3.8) is 0 Å². The van der Waals surface area contributed by atoms with Crippen LogP contribution in [0.4, 0.5) is 4.39 Å². The van der Waals surface area contributed by atoms with Gasteiger partial charge in [0, 0.05) is 17.7 Å². The number of hydrogen-bond acceptors (Lipinski definition) is 3. The lowest BCUT2D eigenvalue weighted by Gasteiger charge is -2.24. The van der Waals surface area contributed by atoms with E-state index in [9.17, 15) is 9.50 Å². The number of rotatable bonds is 6. The zero-order chi connectivity index (χ0) is 18.4. The Morgan fingerprint density at radius 1 is 1.27 bits per heavy atom. The van der Waals surface area contributed by atoms with Gasteiger partial charge in [0.05, 0.1) is 13.1 Å². The fourth-order valence-electron chi connectivity index (χ4n) is 2.65. The van der Waals surface area contributed by atoms with E-state index < -0.39 is 5.60 Å². The molecule has 0 amide bonds. The highest BCUT2D eigenvalue weighted by molar-refractivity contribution is 14.0. The molecule has 0 spiro atoms. The third kappa shape index (κ3) is 5.98. The van der Waals surface area contributed by atoms with Crippen molar-refractivity contribution >= 4 is 29.9 Å². The minimum atomic E-state index is -1.12. The van der Waals surface area contributed by atoms with Gasteiger partial charge in [0.2, 0.25) is 0 Å². The molecular weight excluding hydrogens is 448 g/mol. The number of furan rings is 1. The molecule has 0 aliphatic carbocycles. The molecule has 2 rings (SSSR count). The van der Waals surface area contributed by atoms with Gasteiger partial charge in [-0.3, -0.25) is 0 Å². The Balaban J connectivity index is 0.00000338. The molecule has 2 aromatic rings. The van der Waals surface area contributed by atoms with Crippen LogP contribution in [0.1, 0.15) is 36.5 Å². The maximum absolute atomic E-state index is 13.7. The Labute approximate surface area is 171 Å². The van der Waals surface area contributed by atoms with E-state index in [0.717, 1.165) is 11.3 Å². The van der Waals surface area contributed by atoms with Gasteiger partial charge in [0.15, 0.2) is 5.96 Å². The van der Waals surface area contributed by atoms with Crippen LogP contribution in [0, 0.1) is 19.7 Å². The van der Waals surface area contributed by atoms with E-state index in [1.165, 1.54) is 6.07 Å². The number of nitrogens with one attached hydrogen (secondary N) is 2. The molecule has 0 radical (unpaired) electrons. The summed E-state index contributed by atoms with van der Waals surface area (Å²) in [4.78, 5) is 4.39. The molecule has 0 fully saturated rings. The van der Waals surface area contributed by atoms with Gasteiger partial charge in [0.25, 0.3) is 0 Å². The molecule has 1 unspecified atom stereocenters. The summed E-state index contributed by atoms with van der Waals surface area (Å²) < 4.78 is 19.2. The van der Waals surface area contributed by atoms with Crippen LogP contribution in [0.25, 0.3) is 0 Å². The van der Waals surface area contributed by atoms with Gasteiger partial charge >= 0.3 is 0 Å². The number of aryl methyl sites for hydroxylation is 2. The number of guanidine groups is 1. The van der Waals surface area contributed by atoms with Crippen molar-refractivity contribution in [1.82, 2.24) is 10.6 Å². The number of aliphatic imine (C=N–C) groups is 1. The molecule has 1 atom stereocenters. The number of nitrogens with zero attached hydrogens (tertiary/aromatic N) is 1. The first-order valence-electron chi connectivity index (χ1n) is 8.39. The summed E-state index contributed by atoms with van der Waals surface area (Å²) in [6.45, 7) is 8.47. The Hall–Kier alpha value is -1.61. The summed E-state index contributed by atoms with van der Waals surface area (Å²) in [7, 11) is 0. The Kier molecular flexibility index (Phi) is 8.55. The second-order valence-corrected chi connectivity index (χ2v) is 6.24. The SMILES string of the molecule is CCNC(=NCc1ccccc1F)NCC(C)(O)c1cc(C)oc1C.I. The van der Waals surface area contributed by atoms with Gasteiger partial charge in [-0.05, 0) is 39.8 Å². The topological polar surface area (TPSA) is 69.8 Å². The largest absolute Gasteiger partial charge is 0.466 e. The first kappa shape index (κ1) is 22.4. The molecule has 26 heavy (non-hydrogen) atoms. The van der Waals surface area contributed by atoms with Crippen molar-refractivity contribution < 1.29 is 13.9 Å². The zero-order valence-corrected chi connectivity index (χ0v) is 17.9. The first-order chi connectivity index (χ1) is 11.8. The molecule has 1 heterocycles. The molecule has 0 bridgehead atoms. The normalized spacial score (nSPS) is 13.7. The molecule has 0 saturated carbocycles. The lowest BCUT2D eigenvalue weighted by Crippen LogP contribution is -2.44. The number of aliphatic hydroxyl groups is 1. The average Bonchev–Trinajstić information content (AvgIpc) is 2.91. The first-order valence-corrected chi connectivity index (χ1v) is 8.39. The summed E-state index contributed by atoms with van der Waals surface area (Å²) >= 11 is 0. The molecule has 144 valence electrons. The summed E-state index contributed by atoms with van der Waals surface area (Å²) in [5, 5.41) is 17.0. The quantitative estimate of drug-likeness (QED) is 0.339. The lowest BCUT2D eigenvalue weighted by molar-refractivity contribution is 0.0601. The Bertz CT molecular complexity index is 744. The fraction of sp³-hybridized carbons (Fsp3) is 0.421. The summed E-state index contributed by atoms with van der Waals surface area (Å²) in [6, 6.07) is 8.39. The van der Waals surface area contributed by atoms with Crippen LogP contribution in [0.2, 0.25) is 0 Å². The van der Waals surface area contributed by atoms with Crippen molar-refractivity contribution in [2.75, 3.05) is 13.1 Å². The van der Waals surface area contributed by atoms with Crippen molar-refractivity contribution in [1.29, 1.82) is 0 Å². The standard InChI is InChI=1S/C19H26FN3O2.HI/c1-5-21-18(22-11-15-8-6-7-9-17(15)20)23-12-19(4,24)16-10-13(2)25-14(16)3;/h6-10,24H,5,11-12H2,1-4H3,(H2,21,22,23);1H. The molecule has 3 N–H and O–H groups in total. The highest BCUT2D eigenvalue weighted by Gasteiger charge is 2.27. The van der Waals surface area contributed by atoms with E-state index in [2.05, 4.69) is 15.6 Å². The highest BCUT2D eigenvalue weighted by Crippen LogP contribution is 2.26. The summed E-state index contributed by atoms with van der Waals surface area (Å²) in [5.41, 5.74) is 0.144. The van der Waals surface area contributed by atoms with Crippen LogP contribution in [0.5, 0.6) is 0 Å². The minimum Gasteiger partial charge on any atom is -0.466 e. The minimum absolute atomic E-state index is 0. The van der Waals surface area contributed by atoms with Crippen LogP contribution in [0.15, 0.2) is 39.7 Å². The van der Waals surface area contributed by atoms with Gasteiger partial charge < -0.3 is 20.2 Å². The predicted molar refractivity (Wildman–Crippen MR) is 112 cm³/mol. The smallest absolute Gasteiger partial charge is 0.191 e. The number of hydrogen-bond donors (Lipinski definition) is 3. The molecule has 0 aliphatic rings. The average molecular weight is 475 g/mol. The third-order valence-electron chi connectivity index (χ3n) is 3.93. The van der Waals surface area contributed by atoms with E-state index in [4.69, 9.17) is 4.42 Å². The van der Waals surface area contributed by atoms with Crippen molar-refractivity contribution in [2.24, 2.45) is 4.99 Å². The van der Waals surface area contributed by atoms with E-state index in [1.54, 1.807) is 25.1 Å². The van der Waals surface area contributed by atoms with Crippen molar-refractivity contribution in [2.45, 2.75) is 39.8 Å². The molecule has 1 aromatic heterocycles. The van der Waals surface area contributed by atoms with E-state index in [-0.39, 0.29) is 42.9 Å². The fourth-order valence-corrected chi connectivity index (χ4v) is 2.65. The van der Waals surface area contributed by atoms with Gasteiger partial charge in [-0.1, -0.05) is 18.2 Å². The van der Waals surface area contributed by atoms with Gasteiger partial charge in [-0.2, -0.15) is 0 Å². The lowest BCUT2D eigenvalue weighted by atomic mass is 9.96. The second-order valence-electron chi connectivity index (χ2n) is 6.24. The molecular formula is C19H27FIN3O2. The molecule has 7 heteroatoms. The van der Waals surface area contributed by atoms with Crippen LogP contribution < -0.4 is 10.6 Å². The van der Waals surface area contributed by atoms with E-state index in [1.807, 2.05) is 26.8 Å². The van der Waals surface area contributed by atoms with E-state index in [0.29, 0.717) is 23.8 Å². The molecule has 5 nitrogen and oxygen atoms in total. The highest BCUT2D eigenvalue weighted by atomic mass is 127. The van der Waals surface area contributed by atoms with Gasteiger partial charge in [-0.15, -0.1) is 24.0 Å². The van der Waals surface area contributed by atoms with Gasteiger partial charge in [0.1, 0.15) is 22.9 Å². The van der Waals surface area contributed by atoms with Crippen molar-refractivity contribution in [3.05, 3.63) is 58.8 Å². The zero-order valence-electron chi connectivity index (χ0n) is 15.6.